The third-order valence-corrected chi connectivity index (χ3v) is 6.82. The lowest BCUT2D eigenvalue weighted by Gasteiger charge is -2.40. The second-order valence-electron chi connectivity index (χ2n) is 11.9. The molecule has 0 saturated carbocycles. The fraction of sp³-hybridized carbons (Fsp3) is 0.690. The molecule has 1 aromatic carbocycles. The third kappa shape index (κ3) is 10.6. The topological polar surface area (TPSA) is 73.8 Å². The summed E-state index contributed by atoms with van der Waals surface area (Å²) in [7, 11) is 0. The van der Waals surface area contributed by atoms with Crippen LogP contribution in [0.1, 0.15) is 71.9 Å². The number of nitrogens with zero attached hydrogens (tertiary/aromatic N) is 1. The first kappa shape index (κ1) is 29.2. The number of carbonyl (C=O) groups excluding carboxylic acids is 1. The van der Waals surface area contributed by atoms with Crippen LogP contribution in [0.25, 0.3) is 0 Å². The normalized spacial score (nSPS) is 17.3. The van der Waals surface area contributed by atoms with Gasteiger partial charge < -0.3 is 25.4 Å². The van der Waals surface area contributed by atoms with Crippen molar-refractivity contribution in [2.45, 2.75) is 86.4 Å². The van der Waals surface area contributed by atoms with E-state index in [2.05, 4.69) is 63.7 Å². The molecule has 2 unspecified atom stereocenters. The van der Waals surface area contributed by atoms with Crippen molar-refractivity contribution < 1.29 is 14.6 Å². The second-order valence-corrected chi connectivity index (χ2v) is 11.9. The van der Waals surface area contributed by atoms with Crippen LogP contribution in [0, 0.1) is 24.2 Å². The Hall–Kier alpha value is -2.05. The molecular formula is C29H49N3O3. The number of rotatable bonds is 12. The van der Waals surface area contributed by atoms with E-state index in [1.54, 1.807) is 12.1 Å². The van der Waals surface area contributed by atoms with Gasteiger partial charge in [0.15, 0.2) is 0 Å². The Bertz CT molecular complexity index is 803. The smallest absolute Gasteiger partial charge is 0.220 e. The molecular weight excluding hydrogens is 438 g/mol. The summed E-state index contributed by atoms with van der Waals surface area (Å²) in [5, 5.41) is 16.5. The Morgan fingerprint density at radius 3 is 2.43 bits per heavy atom. The molecule has 2 rings (SSSR count). The lowest BCUT2D eigenvalue weighted by Crippen LogP contribution is -2.53. The standard InChI is InChI=1S/C29H49N3O3/c1-20(2)19-35-23(5)22(4)31-27(29(6,7)8)18-32-11-9-24(10-12-32)16-28(34)30-17-25-13-21(3)14-26(33)15-25/h13-15,20,22,24,27,31,33H,5,9-12,16-19H2,1-4,6-8H3,(H,30,34). The summed E-state index contributed by atoms with van der Waals surface area (Å²) in [5.74, 6) is 2.04. The van der Waals surface area contributed by atoms with Crippen molar-refractivity contribution in [1.29, 1.82) is 0 Å². The molecule has 1 aliphatic rings. The average molecular weight is 488 g/mol. The summed E-state index contributed by atoms with van der Waals surface area (Å²) >= 11 is 0. The number of aromatic hydroxyl groups is 1. The van der Waals surface area contributed by atoms with Crippen LogP contribution in [-0.2, 0) is 16.1 Å². The van der Waals surface area contributed by atoms with Crippen LogP contribution in [0.15, 0.2) is 30.5 Å². The SMILES string of the molecule is C=C(OCC(C)C)C(C)NC(CN1CCC(CC(=O)NCc2cc(C)cc(O)c2)CC1)C(C)(C)C. The first-order valence-electron chi connectivity index (χ1n) is 13.2. The zero-order valence-electron chi connectivity index (χ0n) is 23.1. The van der Waals surface area contributed by atoms with Crippen LogP contribution in [-0.4, -0.2) is 54.2 Å². The number of hydrogen-bond acceptors (Lipinski definition) is 5. The zero-order valence-corrected chi connectivity index (χ0v) is 23.1. The Kier molecular flexibility index (Phi) is 11.1. The molecule has 0 spiro atoms. The molecule has 198 valence electrons. The van der Waals surface area contributed by atoms with Gasteiger partial charge in [-0.2, -0.15) is 0 Å². The molecule has 1 amide bonds. The summed E-state index contributed by atoms with van der Waals surface area (Å²) in [4.78, 5) is 15.0. The highest BCUT2D eigenvalue weighted by molar-refractivity contribution is 5.76. The minimum Gasteiger partial charge on any atom is -0.508 e. The van der Waals surface area contributed by atoms with Crippen molar-refractivity contribution in [3.05, 3.63) is 41.7 Å². The van der Waals surface area contributed by atoms with Gasteiger partial charge in [-0.15, -0.1) is 0 Å². The molecule has 0 radical (unpaired) electrons. The third-order valence-electron chi connectivity index (χ3n) is 6.82. The van der Waals surface area contributed by atoms with Crippen LogP contribution in [0.2, 0.25) is 0 Å². The minimum absolute atomic E-state index is 0.0902. The van der Waals surface area contributed by atoms with E-state index in [1.807, 2.05) is 13.0 Å². The molecule has 0 aliphatic carbocycles. The van der Waals surface area contributed by atoms with Crippen molar-refractivity contribution in [1.82, 2.24) is 15.5 Å². The molecule has 35 heavy (non-hydrogen) atoms. The summed E-state index contributed by atoms with van der Waals surface area (Å²) < 4.78 is 5.86. The largest absolute Gasteiger partial charge is 0.508 e. The van der Waals surface area contributed by atoms with Crippen LogP contribution in [0.5, 0.6) is 5.75 Å². The first-order chi connectivity index (χ1) is 16.3. The van der Waals surface area contributed by atoms with E-state index in [0.29, 0.717) is 37.5 Å². The fourth-order valence-corrected chi connectivity index (χ4v) is 4.48. The van der Waals surface area contributed by atoms with Gasteiger partial charge in [-0.3, -0.25) is 4.79 Å². The fourth-order valence-electron chi connectivity index (χ4n) is 4.48. The van der Waals surface area contributed by atoms with Crippen molar-refractivity contribution >= 4 is 5.91 Å². The van der Waals surface area contributed by atoms with Gasteiger partial charge in [0.25, 0.3) is 0 Å². The van der Waals surface area contributed by atoms with E-state index in [4.69, 9.17) is 4.74 Å². The Morgan fingerprint density at radius 2 is 1.86 bits per heavy atom. The minimum atomic E-state index is 0.0902. The highest BCUT2D eigenvalue weighted by Crippen LogP contribution is 2.25. The maximum absolute atomic E-state index is 12.5. The number of carbonyl (C=O) groups is 1. The summed E-state index contributed by atoms with van der Waals surface area (Å²) in [5.41, 5.74) is 2.03. The first-order valence-corrected chi connectivity index (χ1v) is 13.2. The Morgan fingerprint density at radius 1 is 1.20 bits per heavy atom. The van der Waals surface area contributed by atoms with Gasteiger partial charge in [-0.25, -0.2) is 0 Å². The summed E-state index contributed by atoms with van der Waals surface area (Å²) in [6, 6.07) is 5.82. The van der Waals surface area contributed by atoms with E-state index in [1.165, 1.54) is 0 Å². The predicted octanol–water partition coefficient (Wildman–Crippen LogP) is 5.00. The van der Waals surface area contributed by atoms with Gasteiger partial charge >= 0.3 is 0 Å². The predicted molar refractivity (Wildman–Crippen MR) is 144 cm³/mol. The summed E-state index contributed by atoms with van der Waals surface area (Å²) in [6.07, 6.45) is 2.64. The number of likely N-dealkylation sites (tertiary alicyclic amines) is 1. The van der Waals surface area contributed by atoms with Crippen LogP contribution in [0.3, 0.4) is 0 Å². The van der Waals surface area contributed by atoms with Crippen molar-refractivity contribution in [3.8, 4) is 5.75 Å². The zero-order chi connectivity index (χ0) is 26.2. The van der Waals surface area contributed by atoms with Crippen molar-refractivity contribution in [2.75, 3.05) is 26.2 Å². The van der Waals surface area contributed by atoms with Crippen LogP contribution in [0.4, 0.5) is 0 Å². The van der Waals surface area contributed by atoms with Crippen LogP contribution >= 0.6 is 0 Å². The van der Waals surface area contributed by atoms with Gasteiger partial charge in [-0.1, -0.05) is 47.3 Å². The number of benzene rings is 1. The lowest BCUT2D eigenvalue weighted by molar-refractivity contribution is -0.122. The molecule has 1 aromatic rings. The molecule has 0 bridgehead atoms. The molecule has 2 atom stereocenters. The lowest BCUT2D eigenvalue weighted by atomic mass is 9.85. The molecule has 6 heteroatoms. The molecule has 0 aromatic heterocycles. The van der Waals surface area contributed by atoms with Gasteiger partial charge in [0.1, 0.15) is 11.5 Å². The van der Waals surface area contributed by atoms with Gasteiger partial charge in [0.05, 0.1) is 12.6 Å². The highest BCUT2D eigenvalue weighted by atomic mass is 16.5. The van der Waals surface area contributed by atoms with E-state index < -0.39 is 0 Å². The van der Waals surface area contributed by atoms with E-state index in [9.17, 15) is 9.90 Å². The molecule has 1 aliphatic heterocycles. The molecule has 1 saturated heterocycles. The summed E-state index contributed by atoms with van der Waals surface area (Å²) in [6.45, 7) is 23.5. The van der Waals surface area contributed by atoms with Gasteiger partial charge in [0.2, 0.25) is 5.91 Å². The number of piperidine rings is 1. The molecule has 1 heterocycles. The van der Waals surface area contributed by atoms with Crippen LogP contribution < -0.4 is 10.6 Å². The van der Waals surface area contributed by atoms with Crippen molar-refractivity contribution in [2.24, 2.45) is 17.3 Å². The molecule has 3 N–H and O–H groups in total. The highest BCUT2D eigenvalue weighted by Gasteiger charge is 2.30. The molecule has 6 nitrogen and oxygen atoms in total. The maximum atomic E-state index is 12.5. The second kappa shape index (κ2) is 13.3. The number of hydrogen-bond donors (Lipinski definition) is 3. The average Bonchev–Trinajstić information content (AvgIpc) is 2.75. The number of ether oxygens (including phenoxy) is 1. The quantitative estimate of drug-likeness (QED) is 0.362. The number of phenols is 1. The van der Waals surface area contributed by atoms with E-state index in [0.717, 1.165) is 49.4 Å². The number of amides is 1. The maximum Gasteiger partial charge on any atom is 0.220 e. The van der Waals surface area contributed by atoms with E-state index >= 15 is 0 Å². The van der Waals surface area contributed by atoms with Gasteiger partial charge in [0, 0.05) is 25.6 Å². The van der Waals surface area contributed by atoms with E-state index in [-0.39, 0.29) is 23.1 Å². The Balaban J connectivity index is 1.78. The molecule has 1 fully saturated rings. The number of nitrogens with one attached hydrogen (secondary N) is 2. The monoisotopic (exact) mass is 487 g/mol. The Labute approximate surface area is 213 Å². The number of phenolic OH excluding ortho intramolecular Hbond substituents is 1. The van der Waals surface area contributed by atoms with Crippen molar-refractivity contribution in [3.63, 3.8) is 0 Å². The van der Waals surface area contributed by atoms with Gasteiger partial charge in [-0.05, 0) is 80.3 Å². The number of aryl methyl sites for hydroxylation is 1.